The number of carbonyl (C=O) groups is 2. The molecule has 0 fully saturated rings. The van der Waals surface area contributed by atoms with Crippen molar-refractivity contribution in [3.8, 4) is 0 Å². The predicted molar refractivity (Wildman–Crippen MR) is 76.5 cm³/mol. The highest BCUT2D eigenvalue weighted by molar-refractivity contribution is 6.35. The summed E-state index contributed by atoms with van der Waals surface area (Å²) in [6, 6.07) is 3.87. The molecule has 0 bridgehead atoms. The Hall–Kier alpha value is -2.15. The van der Waals surface area contributed by atoms with E-state index in [1.807, 2.05) is 0 Å². The maximum absolute atomic E-state index is 12.0. The second kappa shape index (κ2) is 6.53. The first-order valence-electron chi connectivity index (χ1n) is 6.17. The van der Waals surface area contributed by atoms with Crippen molar-refractivity contribution in [1.29, 1.82) is 0 Å². The van der Waals surface area contributed by atoms with Gasteiger partial charge in [-0.15, -0.1) is 0 Å². The van der Waals surface area contributed by atoms with E-state index in [0.29, 0.717) is 6.42 Å². The van der Waals surface area contributed by atoms with Crippen LogP contribution in [0.1, 0.15) is 30.6 Å². The van der Waals surface area contributed by atoms with E-state index in [9.17, 15) is 19.7 Å². The molecule has 0 radical (unpaired) electrons. The molecule has 1 unspecified atom stereocenters. The van der Waals surface area contributed by atoms with E-state index in [0.717, 1.165) is 0 Å². The van der Waals surface area contributed by atoms with Crippen LogP contribution >= 0.6 is 11.6 Å². The molecule has 0 saturated carbocycles. The highest BCUT2D eigenvalue weighted by Crippen LogP contribution is 2.28. The van der Waals surface area contributed by atoms with E-state index in [1.54, 1.807) is 6.92 Å². The molecule has 0 aliphatic rings. The number of nitrogens with one attached hydrogen (secondary N) is 1. The number of nitrogens with zero attached hydrogens (tertiary/aromatic N) is 1. The summed E-state index contributed by atoms with van der Waals surface area (Å²) in [6.07, 6.45) is 0.325. The molecule has 1 aromatic carbocycles. The van der Waals surface area contributed by atoms with Gasteiger partial charge in [-0.05, 0) is 19.4 Å². The minimum absolute atomic E-state index is 0.0605. The van der Waals surface area contributed by atoms with E-state index < -0.39 is 22.2 Å². The fourth-order valence-corrected chi connectivity index (χ4v) is 1.84. The van der Waals surface area contributed by atoms with Crippen molar-refractivity contribution in [2.75, 3.05) is 6.54 Å². The summed E-state index contributed by atoms with van der Waals surface area (Å²) < 4.78 is 0. The van der Waals surface area contributed by atoms with Gasteiger partial charge in [-0.2, -0.15) is 0 Å². The van der Waals surface area contributed by atoms with E-state index in [1.165, 1.54) is 25.1 Å². The van der Waals surface area contributed by atoms with Gasteiger partial charge in [0.25, 0.3) is 11.6 Å². The maximum Gasteiger partial charge on any atom is 0.311 e. The van der Waals surface area contributed by atoms with Crippen molar-refractivity contribution in [2.45, 2.75) is 20.3 Å². The van der Waals surface area contributed by atoms with Gasteiger partial charge in [-0.25, -0.2) is 0 Å². The molecule has 0 heterocycles. The van der Waals surface area contributed by atoms with Crippen LogP contribution < -0.4 is 5.32 Å². The van der Waals surface area contributed by atoms with E-state index in [-0.39, 0.29) is 22.8 Å². The first-order chi connectivity index (χ1) is 9.73. The Kier molecular flexibility index (Phi) is 5.26. The van der Waals surface area contributed by atoms with Gasteiger partial charge >= 0.3 is 5.97 Å². The summed E-state index contributed by atoms with van der Waals surface area (Å²) in [7, 11) is 0. The lowest BCUT2D eigenvalue weighted by Crippen LogP contribution is -2.40. The average molecular weight is 315 g/mol. The molecule has 114 valence electrons. The molecule has 0 aromatic heterocycles. The monoisotopic (exact) mass is 314 g/mol. The van der Waals surface area contributed by atoms with Gasteiger partial charge in [0.1, 0.15) is 5.02 Å². The second-order valence-corrected chi connectivity index (χ2v) is 5.18. The van der Waals surface area contributed by atoms with Crippen molar-refractivity contribution in [3.05, 3.63) is 38.9 Å². The van der Waals surface area contributed by atoms with Crippen LogP contribution in [0.3, 0.4) is 0 Å². The van der Waals surface area contributed by atoms with Crippen molar-refractivity contribution >= 4 is 29.2 Å². The zero-order chi connectivity index (χ0) is 16.2. The number of aliphatic carboxylic acids is 1. The summed E-state index contributed by atoms with van der Waals surface area (Å²) in [6.45, 7) is 3.10. The second-order valence-electron chi connectivity index (χ2n) is 4.80. The average Bonchev–Trinajstić information content (AvgIpc) is 2.44. The lowest BCUT2D eigenvalue weighted by Gasteiger charge is -2.23. The van der Waals surface area contributed by atoms with E-state index in [4.69, 9.17) is 16.7 Å². The Morgan fingerprint density at radius 3 is 2.57 bits per heavy atom. The quantitative estimate of drug-likeness (QED) is 0.619. The third-order valence-corrected chi connectivity index (χ3v) is 3.75. The Morgan fingerprint density at radius 1 is 1.48 bits per heavy atom. The molecular formula is C13H15ClN2O5. The number of amides is 1. The molecular weight excluding hydrogens is 300 g/mol. The van der Waals surface area contributed by atoms with Crippen LogP contribution in [0.25, 0.3) is 0 Å². The number of rotatable bonds is 6. The van der Waals surface area contributed by atoms with E-state index in [2.05, 4.69) is 5.32 Å². The Bertz CT molecular complexity index is 590. The minimum atomic E-state index is -1.11. The van der Waals surface area contributed by atoms with Gasteiger partial charge in [0.15, 0.2) is 0 Å². The Balaban J connectivity index is 2.94. The van der Waals surface area contributed by atoms with Crippen LogP contribution in [0.5, 0.6) is 0 Å². The minimum Gasteiger partial charge on any atom is -0.481 e. The first kappa shape index (κ1) is 16.9. The van der Waals surface area contributed by atoms with Crippen LogP contribution in [0.4, 0.5) is 5.69 Å². The van der Waals surface area contributed by atoms with Crippen molar-refractivity contribution in [2.24, 2.45) is 5.41 Å². The number of carboxylic acids is 1. The van der Waals surface area contributed by atoms with Gasteiger partial charge in [0.05, 0.1) is 15.9 Å². The molecule has 1 atom stereocenters. The first-order valence-corrected chi connectivity index (χ1v) is 6.55. The largest absolute Gasteiger partial charge is 0.481 e. The highest BCUT2D eigenvalue weighted by Gasteiger charge is 2.32. The fourth-order valence-electron chi connectivity index (χ4n) is 1.56. The van der Waals surface area contributed by atoms with Gasteiger partial charge in [-0.1, -0.05) is 24.6 Å². The van der Waals surface area contributed by atoms with Crippen LogP contribution in [-0.2, 0) is 4.79 Å². The molecule has 0 saturated heterocycles. The zero-order valence-electron chi connectivity index (χ0n) is 11.6. The van der Waals surface area contributed by atoms with E-state index >= 15 is 0 Å². The topological polar surface area (TPSA) is 110 Å². The Labute approximate surface area is 126 Å². The number of benzene rings is 1. The molecule has 2 N–H and O–H groups in total. The SMILES string of the molecule is CCC(C)(CNC(=O)c1cccc([N+](=O)[O-])c1Cl)C(=O)O. The number of hydrogen-bond acceptors (Lipinski definition) is 4. The van der Waals surface area contributed by atoms with Crippen LogP contribution in [0, 0.1) is 15.5 Å². The van der Waals surface area contributed by atoms with Gasteiger partial charge in [-0.3, -0.25) is 19.7 Å². The molecule has 0 aliphatic carbocycles. The summed E-state index contributed by atoms with van der Waals surface area (Å²) in [5, 5.41) is 22.1. The van der Waals surface area contributed by atoms with Crippen LogP contribution in [0.2, 0.25) is 5.02 Å². The van der Waals surface area contributed by atoms with Crippen LogP contribution in [0.15, 0.2) is 18.2 Å². The summed E-state index contributed by atoms with van der Waals surface area (Å²) in [5.74, 6) is -1.68. The third-order valence-electron chi connectivity index (χ3n) is 3.36. The normalized spacial score (nSPS) is 13.3. The summed E-state index contributed by atoms with van der Waals surface area (Å²) in [5.41, 5.74) is -1.54. The van der Waals surface area contributed by atoms with Crippen molar-refractivity contribution in [1.82, 2.24) is 5.32 Å². The smallest absolute Gasteiger partial charge is 0.311 e. The van der Waals surface area contributed by atoms with Gasteiger partial charge in [0.2, 0.25) is 0 Å². The van der Waals surface area contributed by atoms with Crippen LogP contribution in [-0.4, -0.2) is 28.5 Å². The predicted octanol–water partition coefficient (Wildman–Crippen LogP) is 2.48. The summed E-state index contributed by atoms with van der Waals surface area (Å²) >= 11 is 5.83. The lowest BCUT2D eigenvalue weighted by atomic mass is 9.87. The number of hydrogen-bond donors (Lipinski definition) is 2. The molecule has 0 aliphatic heterocycles. The molecule has 7 nitrogen and oxygen atoms in total. The standard InChI is InChI=1S/C13H15ClN2O5/c1-3-13(2,12(18)19)7-15-11(17)8-5-4-6-9(10(8)14)16(20)21/h4-6H,3,7H2,1-2H3,(H,15,17)(H,18,19). The lowest BCUT2D eigenvalue weighted by molar-refractivity contribution is -0.384. The molecule has 1 rings (SSSR count). The van der Waals surface area contributed by atoms with Gasteiger partial charge < -0.3 is 10.4 Å². The number of nitro groups is 1. The highest BCUT2D eigenvalue weighted by atomic mass is 35.5. The molecule has 0 spiro atoms. The van der Waals surface area contributed by atoms with Crippen molar-refractivity contribution < 1.29 is 19.6 Å². The number of halogens is 1. The fraction of sp³-hybridized carbons (Fsp3) is 0.385. The molecule has 8 heteroatoms. The summed E-state index contributed by atoms with van der Waals surface area (Å²) in [4.78, 5) is 33.2. The molecule has 1 aromatic rings. The number of nitro benzene ring substituents is 1. The number of carboxylic acid groups (broad SMARTS) is 1. The zero-order valence-corrected chi connectivity index (χ0v) is 12.3. The van der Waals surface area contributed by atoms with Crippen molar-refractivity contribution in [3.63, 3.8) is 0 Å². The number of carbonyl (C=O) groups excluding carboxylic acids is 1. The molecule has 1 amide bonds. The maximum atomic E-state index is 12.0. The molecule has 21 heavy (non-hydrogen) atoms. The van der Waals surface area contributed by atoms with Gasteiger partial charge in [0, 0.05) is 12.6 Å². The Morgan fingerprint density at radius 2 is 2.10 bits per heavy atom. The third kappa shape index (κ3) is 3.69.